The first-order chi connectivity index (χ1) is 10.1. The van der Waals surface area contributed by atoms with Crippen molar-refractivity contribution in [3.05, 3.63) is 23.2 Å². The van der Waals surface area contributed by atoms with Gasteiger partial charge in [0.1, 0.15) is 5.75 Å². The van der Waals surface area contributed by atoms with Gasteiger partial charge in [0.25, 0.3) is 5.91 Å². The molecule has 8 heteroatoms. The number of hydrogen-bond acceptors (Lipinski definition) is 5. The minimum Gasteiger partial charge on any atom is -0.480 e. The van der Waals surface area contributed by atoms with Crippen molar-refractivity contribution in [2.75, 3.05) is 31.7 Å². The number of carboxylic acids is 1. The second kappa shape index (κ2) is 7.26. The summed E-state index contributed by atoms with van der Waals surface area (Å²) in [5.74, 6) is -1.20. The van der Waals surface area contributed by atoms with Crippen LogP contribution in [0.3, 0.4) is 0 Å². The van der Waals surface area contributed by atoms with Gasteiger partial charge in [-0.1, -0.05) is 11.6 Å². The van der Waals surface area contributed by atoms with E-state index in [4.69, 9.17) is 30.9 Å². The van der Waals surface area contributed by atoms with E-state index in [1.54, 1.807) is 6.07 Å². The minimum atomic E-state index is -1.10. The molecule has 2 N–H and O–H groups in total. The Morgan fingerprint density at radius 1 is 1.43 bits per heavy atom. The van der Waals surface area contributed by atoms with Crippen molar-refractivity contribution in [1.29, 1.82) is 0 Å². The van der Waals surface area contributed by atoms with Gasteiger partial charge in [0, 0.05) is 5.69 Å². The van der Waals surface area contributed by atoms with Gasteiger partial charge in [-0.25, -0.2) is 4.79 Å². The van der Waals surface area contributed by atoms with Crippen molar-refractivity contribution in [2.45, 2.75) is 6.10 Å². The molecule has 1 aromatic rings. The van der Waals surface area contributed by atoms with Crippen LogP contribution in [0.15, 0.2) is 18.2 Å². The fraction of sp³-hybridized carbons (Fsp3) is 0.385. The zero-order valence-electron chi connectivity index (χ0n) is 11.0. The van der Waals surface area contributed by atoms with Gasteiger partial charge in [0.15, 0.2) is 12.7 Å². The van der Waals surface area contributed by atoms with Gasteiger partial charge < -0.3 is 24.6 Å². The Labute approximate surface area is 125 Å². The lowest BCUT2D eigenvalue weighted by atomic mass is 10.2. The predicted octanol–water partition coefficient (Wildman–Crippen LogP) is 1.16. The van der Waals surface area contributed by atoms with E-state index >= 15 is 0 Å². The van der Waals surface area contributed by atoms with E-state index in [1.165, 1.54) is 12.1 Å². The van der Waals surface area contributed by atoms with Crippen LogP contribution >= 0.6 is 11.6 Å². The number of nitrogens with one attached hydrogen (secondary N) is 1. The quantitative estimate of drug-likeness (QED) is 0.846. The Balaban J connectivity index is 1.95. The van der Waals surface area contributed by atoms with Crippen molar-refractivity contribution in [3.8, 4) is 5.75 Å². The van der Waals surface area contributed by atoms with Crippen molar-refractivity contribution < 1.29 is 28.9 Å². The van der Waals surface area contributed by atoms with Gasteiger partial charge in [0.2, 0.25) is 0 Å². The average Bonchev–Trinajstić information content (AvgIpc) is 2.47. The number of halogens is 1. The zero-order valence-corrected chi connectivity index (χ0v) is 11.8. The van der Waals surface area contributed by atoms with Crippen LogP contribution in [0.1, 0.15) is 0 Å². The van der Waals surface area contributed by atoms with E-state index in [1.807, 2.05) is 0 Å². The van der Waals surface area contributed by atoms with Gasteiger partial charge >= 0.3 is 5.97 Å². The minimum absolute atomic E-state index is 0.204. The number of carboxylic acid groups (broad SMARTS) is 1. The van der Waals surface area contributed by atoms with E-state index in [0.717, 1.165) is 0 Å². The third-order valence-electron chi connectivity index (χ3n) is 2.66. The van der Waals surface area contributed by atoms with Crippen molar-refractivity contribution in [3.63, 3.8) is 0 Å². The van der Waals surface area contributed by atoms with Gasteiger partial charge in [-0.3, -0.25) is 4.79 Å². The first-order valence-corrected chi connectivity index (χ1v) is 6.58. The molecule has 7 nitrogen and oxygen atoms in total. The van der Waals surface area contributed by atoms with Gasteiger partial charge in [-0.2, -0.15) is 0 Å². The maximum absolute atomic E-state index is 11.9. The highest BCUT2D eigenvalue weighted by molar-refractivity contribution is 6.32. The summed E-state index contributed by atoms with van der Waals surface area (Å²) < 4.78 is 15.4. The Hall–Kier alpha value is -1.83. The molecule has 0 aromatic heterocycles. The molecule has 1 heterocycles. The number of benzene rings is 1. The molecule has 1 saturated heterocycles. The highest BCUT2D eigenvalue weighted by Crippen LogP contribution is 2.27. The summed E-state index contributed by atoms with van der Waals surface area (Å²) in [4.78, 5) is 22.3. The van der Waals surface area contributed by atoms with Crippen molar-refractivity contribution in [2.24, 2.45) is 0 Å². The predicted molar refractivity (Wildman–Crippen MR) is 73.8 cm³/mol. The number of anilines is 1. The molecule has 0 bridgehead atoms. The molecular weight excluding hydrogens is 302 g/mol. The molecule has 0 aliphatic carbocycles. The number of rotatable bonds is 5. The fourth-order valence-corrected chi connectivity index (χ4v) is 1.93. The molecular formula is C13H14ClNO6. The standard InChI is InChI=1S/C13H14ClNO6/c14-9-5-8(1-2-10(9)21-7-12(16)17)15-13(18)11-6-19-3-4-20-11/h1-2,5,11H,3-4,6-7H2,(H,15,18)(H,16,17). The Morgan fingerprint density at radius 3 is 2.86 bits per heavy atom. The van der Waals surface area contributed by atoms with Crippen LogP contribution in [0.25, 0.3) is 0 Å². The van der Waals surface area contributed by atoms with Crippen LogP contribution in [-0.4, -0.2) is 49.5 Å². The van der Waals surface area contributed by atoms with Crippen LogP contribution in [0, 0.1) is 0 Å². The van der Waals surface area contributed by atoms with Gasteiger partial charge in [0.05, 0.1) is 24.8 Å². The first kappa shape index (κ1) is 15.6. The molecule has 1 fully saturated rings. The van der Waals surface area contributed by atoms with E-state index in [0.29, 0.717) is 18.9 Å². The summed E-state index contributed by atoms with van der Waals surface area (Å²) in [7, 11) is 0. The maximum Gasteiger partial charge on any atom is 0.341 e. The van der Waals surface area contributed by atoms with Crippen LogP contribution in [0.4, 0.5) is 5.69 Å². The summed E-state index contributed by atoms with van der Waals surface area (Å²) in [5, 5.41) is 11.4. The number of ether oxygens (including phenoxy) is 3. The number of carbonyl (C=O) groups excluding carboxylic acids is 1. The average molecular weight is 316 g/mol. The molecule has 0 spiro atoms. The summed E-state index contributed by atoms with van der Waals surface area (Å²) in [6.45, 7) is 0.573. The maximum atomic E-state index is 11.9. The second-order valence-electron chi connectivity index (χ2n) is 4.25. The Morgan fingerprint density at radius 2 is 2.24 bits per heavy atom. The topological polar surface area (TPSA) is 94.1 Å². The van der Waals surface area contributed by atoms with Crippen LogP contribution in [-0.2, 0) is 19.1 Å². The first-order valence-electron chi connectivity index (χ1n) is 6.20. The SMILES string of the molecule is O=C(O)COc1ccc(NC(=O)C2COCCO2)cc1Cl. The fourth-order valence-electron chi connectivity index (χ4n) is 1.70. The summed E-state index contributed by atoms with van der Waals surface area (Å²) in [6, 6.07) is 4.52. The number of amides is 1. The molecule has 1 atom stereocenters. The third kappa shape index (κ3) is 4.59. The van der Waals surface area contributed by atoms with Crippen LogP contribution in [0.5, 0.6) is 5.75 Å². The third-order valence-corrected chi connectivity index (χ3v) is 2.95. The van der Waals surface area contributed by atoms with E-state index in [-0.39, 0.29) is 23.3 Å². The molecule has 1 aliphatic rings. The smallest absolute Gasteiger partial charge is 0.341 e. The van der Waals surface area contributed by atoms with Crippen molar-refractivity contribution in [1.82, 2.24) is 0 Å². The zero-order chi connectivity index (χ0) is 15.2. The lowest BCUT2D eigenvalue weighted by molar-refractivity contribution is -0.142. The largest absolute Gasteiger partial charge is 0.480 e. The summed E-state index contributed by atoms with van der Waals surface area (Å²) in [5.41, 5.74) is 0.460. The molecule has 1 aromatic carbocycles. The Bertz CT molecular complexity index is 529. The molecule has 2 rings (SSSR count). The molecule has 114 valence electrons. The van der Waals surface area contributed by atoms with Crippen molar-refractivity contribution >= 4 is 29.2 Å². The van der Waals surface area contributed by atoms with E-state index in [2.05, 4.69) is 5.32 Å². The lowest BCUT2D eigenvalue weighted by Crippen LogP contribution is -2.39. The van der Waals surface area contributed by atoms with E-state index in [9.17, 15) is 9.59 Å². The number of hydrogen-bond donors (Lipinski definition) is 2. The lowest BCUT2D eigenvalue weighted by Gasteiger charge is -2.22. The van der Waals surface area contributed by atoms with Crippen LogP contribution < -0.4 is 10.1 Å². The molecule has 1 aliphatic heterocycles. The second-order valence-corrected chi connectivity index (χ2v) is 4.66. The summed E-state index contributed by atoms with van der Waals surface area (Å²) >= 11 is 5.96. The monoisotopic (exact) mass is 315 g/mol. The van der Waals surface area contributed by atoms with E-state index < -0.39 is 18.7 Å². The van der Waals surface area contributed by atoms with Gasteiger partial charge in [-0.15, -0.1) is 0 Å². The Kier molecular flexibility index (Phi) is 5.38. The normalized spacial score (nSPS) is 18.0. The molecule has 1 amide bonds. The molecule has 1 unspecified atom stereocenters. The highest BCUT2D eigenvalue weighted by Gasteiger charge is 2.22. The van der Waals surface area contributed by atoms with Gasteiger partial charge in [-0.05, 0) is 18.2 Å². The summed E-state index contributed by atoms with van der Waals surface area (Å²) in [6.07, 6.45) is -0.652. The highest BCUT2D eigenvalue weighted by atomic mass is 35.5. The molecule has 21 heavy (non-hydrogen) atoms. The number of carbonyl (C=O) groups is 2. The number of aliphatic carboxylic acids is 1. The molecule has 0 radical (unpaired) electrons. The van der Waals surface area contributed by atoms with Crippen LogP contribution in [0.2, 0.25) is 5.02 Å². The molecule has 0 saturated carbocycles.